The molecule has 0 saturated carbocycles. The number of amides is 4. The van der Waals surface area contributed by atoms with Gasteiger partial charge in [-0.3, -0.25) is 28.9 Å². The highest BCUT2D eigenvalue weighted by atomic mass is 19.4. The first-order valence-electron chi connectivity index (χ1n) is 14.0. The maximum absolute atomic E-state index is 14.4. The monoisotopic (exact) mass is 610 g/mol. The van der Waals surface area contributed by atoms with E-state index in [9.17, 15) is 37.1 Å². The van der Waals surface area contributed by atoms with Crippen LogP contribution in [-0.2, 0) is 0 Å². The minimum atomic E-state index is -4.59. The molecule has 0 aliphatic carbocycles. The van der Waals surface area contributed by atoms with Crippen molar-refractivity contribution in [2.24, 2.45) is 0 Å². The molecule has 1 unspecified atom stereocenters. The molecule has 2 aliphatic rings. The van der Waals surface area contributed by atoms with E-state index in [0.29, 0.717) is 5.56 Å². The van der Waals surface area contributed by atoms with Gasteiger partial charge < -0.3 is 0 Å². The van der Waals surface area contributed by atoms with Gasteiger partial charge in [0, 0.05) is 18.2 Å². The lowest BCUT2D eigenvalue weighted by Crippen LogP contribution is -2.30. The van der Waals surface area contributed by atoms with Gasteiger partial charge in [0.2, 0.25) is 0 Å². The van der Waals surface area contributed by atoms with Crippen molar-refractivity contribution in [2.45, 2.75) is 32.9 Å². The number of aryl methyl sites for hydroxylation is 3. The summed E-state index contributed by atoms with van der Waals surface area (Å²) in [5.41, 5.74) is 2.28. The van der Waals surface area contributed by atoms with Crippen molar-refractivity contribution in [3.63, 3.8) is 0 Å². The summed E-state index contributed by atoms with van der Waals surface area (Å²) in [6.45, 7) is 4.94. The van der Waals surface area contributed by atoms with E-state index in [2.05, 4.69) is 0 Å². The Morgan fingerprint density at radius 1 is 0.622 bits per heavy atom. The van der Waals surface area contributed by atoms with E-state index >= 15 is 0 Å². The van der Waals surface area contributed by atoms with Crippen molar-refractivity contribution in [1.29, 1.82) is 0 Å². The van der Waals surface area contributed by atoms with Crippen LogP contribution < -0.4 is 4.90 Å². The minimum Gasteiger partial charge on any atom is -0.289 e. The lowest BCUT2D eigenvalue weighted by Gasteiger charge is -2.26. The zero-order valence-corrected chi connectivity index (χ0v) is 24.6. The third-order valence-electron chi connectivity index (χ3n) is 8.39. The molecule has 0 saturated heterocycles. The van der Waals surface area contributed by atoms with Crippen LogP contribution in [-0.4, -0.2) is 47.5 Å². The molecule has 10 heteroatoms. The zero-order valence-electron chi connectivity index (χ0n) is 24.6. The number of fused-ring (bicyclic) bond motifs is 2. The van der Waals surface area contributed by atoms with Gasteiger partial charge >= 0.3 is 6.18 Å². The van der Waals surface area contributed by atoms with E-state index in [1.807, 2.05) is 0 Å². The van der Waals surface area contributed by atoms with E-state index in [0.717, 1.165) is 15.4 Å². The third-order valence-corrected chi connectivity index (χ3v) is 8.39. The predicted molar refractivity (Wildman–Crippen MR) is 159 cm³/mol. The normalized spacial score (nSPS) is 15.1. The SMILES string of the molecule is Cc1ccc(C(c2ccc(N3C(=O)c4ccc(C(=O)c5ccc6c(c5)C(=O)N(C)C6=O)cc4C3=O)cc2C)C(F)(F)F)c(C)c1. The fraction of sp³-hybridized carbons (Fsp3) is 0.171. The predicted octanol–water partition coefficient (Wildman–Crippen LogP) is 6.56. The molecule has 1 atom stereocenters. The van der Waals surface area contributed by atoms with E-state index in [1.54, 1.807) is 26.0 Å². The van der Waals surface area contributed by atoms with Crippen LogP contribution >= 0.6 is 0 Å². The highest BCUT2D eigenvalue weighted by molar-refractivity contribution is 6.35. The number of carbonyl (C=O) groups excluding carboxylic acids is 5. The van der Waals surface area contributed by atoms with Crippen molar-refractivity contribution in [1.82, 2.24) is 4.90 Å². The van der Waals surface area contributed by atoms with Gasteiger partial charge in [0.1, 0.15) is 5.92 Å². The molecule has 7 nitrogen and oxygen atoms in total. The molecule has 0 radical (unpaired) electrons. The number of imide groups is 2. The maximum atomic E-state index is 14.4. The highest BCUT2D eigenvalue weighted by Crippen LogP contribution is 2.44. The molecule has 4 amide bonds. The smallest absolute Gasteiger partial charge is 0.289 e. The first-order chi connectivity index (χ1) is 21.2. The van der Waals surface area contributed by atoms with Crippen molar-refractivity contribution in [2.75, 3.05) is 11.9 Å². The number of halogens is 3. The fourth-order valence-electron chi connectivity index (χ4n) is 6.08. The van der Waals surface area contributed by atoms with Gasteiger partial charge in [-0.05, 0) is 79.4 Å². The van der Waals surface area contributed by atoms with Crippen LogP contribution in [0.1, 0.15) is 91.1 Å². The topological polar surface area (TPSA) is 91.8 Å². The number of carbonyl (C=O) groups is 5. The molecule has 0 spiro atoms. The molecule has 226 valence electrons. The molecule has 45 heavy (non-hydrogen) atoms. The number of rotatable bonds is 5. The Morgan fingerprint density at radius 2 is 1.11 bits per heavy atom. The molecule has 0 bridgehead atoms. The standard InChI is InChI=1S/C35H25F3N2O5/c1-17-5-9-23(18(2)13-17)29(35(36,37)38)24-12-8-22(14-19(24)3)40-33(44)26-11-7-21(16-28(26)34(40)45)30(41)20-6-10-25-27(15-20)32(43)39(4)31(25)42/h5-16,29H,1-4H3. The lowest BCUT2D eigenvalue weighted by molar-refractivity contribution is -0.141. The van der Waals surface area contributed by atoms with Crippen molar-refractivity contribution < 1.29 is 37.1 Å². The van der Waals surface area contributed by atoms with Crippen LogP contribution in [0.4, 0.5) is 18.9 Å². The summed E-state index contributed by atoms with van der Waals surface area (Å²) < 4.78 is 43.3. The van der Waals surface area contributed by atoms with Crippen LogP contribution in [0.15, 0.2) is 72.8 Å². The Bertz CT molecular complexity index is 2010. The van der Waals surface area contributed by atoms with Crippen LogP contribution in [0.5, 0.6) is 0 Å². The van der Waals surface area contributed by atoms with Gasteiger partial charge in [0.15, 0.2) is 5.78 Å². The van der Waals surface area contributed by atoms with Gasteiger partial charge in [0.05, 0.1) is 27.9 Å². The highest BCUT2D eigenvalue weighted by Gasteiger charge is 2.44. The van der Waals surface area contributed by atoms with Gasteiger partial charge in [-0.2, -0.15) is 13.2 Å². The first kappa shape index (κ1) is 29.7. The summed E-state index contributed by atoms with van der Waals surface area (Å²) in [5.74, 6) is -4.85. The van der Waals surface area contributed by atoms with Gasteiger partial charge in [-0.1, -0.05) is 42.0 Å². The van der Waals surface area contributed by atoms with E-state index < -0.39 is 41.5 Å². The van der Waals surface area contributed by atoms with Crippen LogP contribution in [0.2, 0.25) is 0 Å². The molecule has 6 rings (SSSR count). The summed E-state index contributed by atoms with van der Waals surface area (Å²) in [6.07, 6.45) is -4.59. The summed E-state index contributed by atoms with van der Waals surface area (Å²) in [4.78, 5) is 66.6. The fourth-order valence-corrected chi connectivity index (χ4v) is 6.08. The quantitative estimate of drug-likeness (QED) is 0.189. The van der Waals surface area contributed by atoms with Crippen LogP contribution in [0, 0.1) is 20.8 Å². The Labute approximate surface area is 255 Å². The summed E-state index contributed by atoms with van der Waals surface area (Å²) >= 11 is 0. The number of benzene rings is 4. The average Bonchev–Trinajstić information content (AvgIpc) is 3.37. The largest absolute Gasteiger partial charge is 0.399 e. The molecule has 2 heterocycles. The molecule has 2 aliphatic heterocycles. The molecule has 0 aromatic heterocycles. The van der Waals surface area contributed by atoms with Gasteiger partial charge in [0.25, 0.3) is 23.6 Å². The molecular formula is C35H25F3N2O5. The summed E-state index contributed by atoms with van der Waals surface area (Å²) in [7, 11) is 1.34. The van der Waals surface area contributed by atoms with Crippen molar-refractivity contribution in [3.8, 4) is 0 Å². The second-order valence-electron chi connectivity index (χ2n) is 11.3. The van der Waals surface area contributed by atoms with Crippen molar-refractivity contribution in [3.05, 3.63) is 134 Å². The number of ketones is 1. The first-order valence-corrected chi connectivity index (χ1v) is 14.0. The Balaban J connectivity index is 1.32. The molecule has 0 fully saturated rings. The number of anilines is 1. The molecule has 4 aromatic rings. The Kier molecular flexibility index (Phi) is 6.84. The second kappa shape index (κ2) is 10.4. The zero-order chi connectivity index (χ0) is 32.5. The van der Waals surface area contributed by atoms with E-state index in [1.165, 1.54) is 74.6 Å². The molecule has 0 N–H and O–H groups in total. The van der Waals surface area contributed by atoms with Gasteiger partial charge in [-0.25, -0.2) is 4.90 Å². The number of nitrogens with zero attached hydrogens (tertiary/aromatic N) is 2. The van der Waals surface area contributed by atoms with Crippen LogP contribution in [0.25, 0.3) is 0 Å². The van der Waals surface area contributed by atoms with Crippen molar-refractivity contribution >= 4 is 35.1 Å². The summed E-state index contributed by atoms with van der Waals surface area (Å²) in [5, 5.41) is 0. The lowest BCUT2D eigenvalue weighted by atomic mass is 9.85. The number of alkyl halides is 3. The Morgan fingerprint density at radius 3 is 1.67 bits per heavy atom. The minimum absolute atomic E-state index is 0.00316. The number of hydrogen-bond donors (Lipinski definition) is 0. The van der Waals surface area contributed by atoms with E-state index in [-0.39, 0.29) is 55.8 Å². The van der Waals surface area contributed by atoms with E-state index in [4.69, 9.17) is 0 Å². The molecule has 4 aromatic carbocycles. The molecular weight excluding hydrogens is 585 g/mol. The number of hydrogen-bond acceptors (Lipinski definition) is 5. The van der Waals surface area contributed by atoms with Crippen LogP contribution in [0.3, 0.4) is 0 Å². The maximum Gasteiger partial charge on any atom is 0.399 e. The summed E-state index contributed by atoms with van der Waals surface area (Å²) in [6, 6.07) is 16.9. The third kappa shape index (κ3) is 4.73. The Hall–Kier alpha value is -5.38. The average molecular weight is 611 g/mol. The second-order valence-corrected chi connectivity index (χ2v) is 11.3. The van der Waals surface area contributed by atoms with Gasteiger partial charge in [-0.15, -0.1) is 0 Å².